The predicted octanol–water partition coefficient (Wildman–Crippen LogP) is 12.0. The lowest BCUT2D eigenvalue weighted by Crippen LogP contribution is -2.00. The van der Waals surface area contributed by atoms with Crippen LogP contribution in [0.2, 0.25) is 0 Å². The molecule has 0 saturated carbocycles. The van der Waals surface area contributed by atoms with E-state index in [2.05, 4.69) is 78.9 Å². The van der Waals surface area contributed by atoms with Crippen LogP contribution < -0.4 is 0 Å². The minimum absolute atomic E-state index is 0.609. The minimum atomic E-state index is 0.609. The van der Waals surface area contributed by atoms with Gasteiger partial charge < -0.3 is 4.42 Å². The first-order valence-corrected chi connectivity index (χ1v) is 16.8. The molecule has 0 radical (unpaired) electrons. The molecule has 0 amide bonds. The molecule has 0 spiro atoms. The lowest BCUT2D eigenvalue weighted by atomic mass is 9.97. The number of furan rings is 1. The largest absolute Gasteiger partial charge is 0.455 e. The first-order chi connectivity index (χ1) is 23.8. The molecule has 7 aromatic carbocycles. The van der Waals surface area contributed by atoms with Gasteiger partial charge in [-0.25, -0.2) is 15.0 Å². The number of fused-ring (bicyclic) bond motifs is 8. The summed E-state index contributed by atoms with van der Waals surface area (Å²) >= 11 is 1.84. The fraction of sp³-hybridized carbons (Fsp3) is 0. The van der Waals surface area contributed by atoms with Gasteiger partial charge in [-0.2, -0.15) is 0 Å². The summed E-state index contributed by atoms with van der Waals surface area (Å²) in [4.78, 5) is 15.0. The van der Waals surface area contributed by atoms with E-state index >= 15 is 0 Å². The van der Waals surface area contributed by atoms with Crippen LogP contribution in [0.5, 0.6) is 0 Å². The third-order valence-corrected chi connectivity index (χ3v) is 10.3. The number of para-hydroxylation sites is 1. The highest BCUT2D eigenvalue weighted by Gasteiger charge is 2.21. The van der Waals surface area contributed by atoms with Crippen LogP contribution in [-0.2, 0) is 0 Å². The van der Waals surface area contributed by atoms with Crippen LogP contribution in [0.4, 0.5) is 0 Å². The highest BCUT2D eigenvalue weighted by atomic mass is 32.1. The van der Waals surface area contributed by atoms with Crippen molar-refractivity contribution < 1.29 is 4.42 Å². The normalized spacial score (nSPS) is 11.8. The molecule has 224 valence electrons. The fourth-order valence-corrected chi connectivity index (χ4v) is 8.05. The zero-order valence-corrected chi connectivity index (χ0v) is 26.4. The van der Waals surface area contributed by atoms with E-state index in [9.17, 15) is 0 Å². The molecule has 10 rings (SSSR count). The third-order valence-electron chi connectivity index (χ3n) is 9.14. The van der Waals surface area contributed by atoms with Crippen LogP contribution in [0.15, 0.2) is 156 Å². The molecule has 0 N–H and O–H groups in total. The molecule has 0 bridgehead atoms. The smallest absolute Gasteiger partial charge is 0.164 e. The maximum atomic E-state index is 6.69. The van der Waals surface area contributed by atoms with Gasteiger partial charge in [0.2, 0.25) is 0 Å². The van der Waals surface area contributed by atoms with E-state index in [0.29, 0.717) is 17.5 Å². The Hall–Kier alpha value is -6.17. The molecule has 0 fully saturated rings. The lowest BCUT2D eigenvalue weighted by Gasteiger charge is -2.11. The van der Waals surface area contributed by atoms with Gasteiger partial charge in [0.25, 0.3) is 0 Å². The number of aromatic nitrogens is 3. The number of thiophene rings is 1. The zero-order valence-electron chi connectivity index (χ0n) is 25.6. The molecule has 0 aliphatic heterocycles. The minimum Gasteiger partial charge on any atom is -0.455 e. The topological polar surface area (TPSA) is 51.8 Å². The first-order valence-electron chi connectivity index (χ1n) is 15.9. The van der Waals surface area contributed by atoms with Crippen molar-refractivity contribution in [2.45, 2.75) is 0 Å². The Morgan fingerprint density at radius 2 is 1.06 bits per heavy atom. The standard InChI is InChI=1S/C43H25N3OS/c1-3-12-27(13-4-1)41-44-42(28-14-5-2-6-15-28)46-43(45-41)34-23-22-31(40-39(34)32-17-9-10-18-35(32)47-40)29-19-21-33-37(25-29)48-36-24-20-26-11-7-8-16-30(26)38(33)36/h1-25H. The Kier molecular flexibility index (Phi) is 6.01. The van der Waals surface area contributed by atoms with Crippen molar-refractivity contribution in [2.24, 2.45) is 0 Å². The average molecular weight is 632 g/mol. The van der Waals surface area contributed by atoms with Gasteiger partial charge in [-0.15, -0.1) is 11.3 Å². The second kappa shape index (κ2) is 10.7. The van der Waals surface area contributed by atoms with Crippen LogP contribution in [-0.4, -0.2) is 15.0 Å². The molecule has 0 saturated heterocycles. The second-order valence-corrected chi connectivity index (χ2v) is 13.1. The molecule has 48 heavy (non-hydrogen) atoms. The van der Waals surface area contributed by atoms with Crippen molar-refractivity contribution in [3.63, 3.8) is 0 Å². The highest BCUT2D eigenvalue weighted by Crippen LogP contribution is 2.44. The Balaban J connectivity index is 1.21. The number of rotatable bonds is 4. The first kappa shape index (κ1) is 27.0. The van der Waals surface area contributed by atoms with Crippen LogP contribution >= 0.6 is 11.3 Å². The molecule has 0 aliphatic rings. The summed E-state index contributed by atoms with van der Waals surface area (Å²) in [5, 5.41) is 7.18. The van der Waals surface area contributed by atoms with Gasteiger partial charge in [0, 0.05) is 53.2 Å². The average Bonchev–Trinajstić information content (AvgIpc) is 3.74. The van der Waals surface area contributed by atoms with Gasteiger partial charge in [0.15, 0.2) is 17.5 Å². The van der Waals surface area contributed by atoms with E-state index in [1.807, 2.05) is 84.1 Å². The molecule has 3 heterocycles. The van der Waals surface area contributed by atoms with E-state index in [-0.39, 0.29) is 0 Å². The summed E-state index contributed by atoms with van der Waals surface area (Å²) in [6.45, 7) is 0. The zero-order chi connectivity index (χ0) is 31.6. The molecular formula is C43H25N3OS. The summed E-state index contributed by atoms with van der Waals surface area (Å²) in [5.41, 5.74) is 6.58. The van der Waals surface area contributed by atoms with Gasteiger partial charge in [0.1, 0.15) is 11.2 Å². The van der Waals surface area contributed by atoms with Crippen molar-refractivity contribution in [1.82, 2.24) is 15.0 Å². The van der Waals surface area contributed by atoms with Crippen LogP contribution in [0.1, 0.15) is 0 Å². The summed E-state index contributed by atoms with van der Waals surface area (Å²) in [6, 6.07) is 52.6. The molecule has 3 aromatic heterocycles. The van der Waals surface area contributed by atoms with E-state index in [4.69, 9.17) is 19.4 Å². The molecular weight excluding hydrogens is 607 g/mol. The molecule has 0 aliphatic carbocycles. The maximum absolute atomic E-state index is 6.69. The van der Waals surface area contributed by atoms with Crippen LogP contribution in [0.3, 0.4) is 0 Å². The number of hydrogen-bond acceptors (Lipinski definition) is 5. The van der Waals surface area contributed by atoms with E-state index in [1.165, 1.54) is 30.9 Å². The van der Waals surface area contributed by atoms with Crippen molar-refractivity contribution in [3.05, 3.63) is 152 Å². The Bertz CT molecular complexity index is 2780. The van der Waals surface area contributed by atoms with Gasteiger partial charge in [-0.05, 0) is 46.7 Å². The lowest BCUT2D eigenvalue weighted by molar-refractivity contribution is 0.670. The van der Waals surface area contributed by atoms with E-state index in [1.54, 1.807) is 0 Å². The van der Waals surface area contributed by atoms with Crippen molar-refractivity contribution in [2.75, 3.05) is 0 Å². The molecule has 5 heteroatoms. The number of benzene rings is 7. The molecule has 0 unspecified atom stereocenters. The monoisotopic (exact) mass is 631 g/mol. The molecule has 0 atom stereocenters. The summed E-state index contributed by atoms with van der Waals surface area (Å²) in [5.74, 6) is 1.87. The van der Waals surface area contributed by atoms with Crippen molar-refractivity contribution >= 4 is 64.2 Å². The molecule has 10 aromatic rings. The van der Waals surface area contributed by atoms with Gasteiger partial charge >= 0.3 is 0 Å². The Morgan fingerprint density at radius 1 is 0.417 bits per heavy atom. The summed E-state index contributed by atoms with van der Waals surface area (Å²) in [6.07, 6.45) is 0. The van der Waals surface area contributed by atoms with E-state index < -0.39 is 0 Å². The summed E-state index contributed by atoms with van der Waals surface area (Å²) < 4.78 is 9.24. The third kappa shape index (κ3) is 4.25. The second-order valence-electron chi connectivity index (χ2n) is 12.0. The van der Waals surface area contributed by atoms with Crippen molar-refractivity contribution in [3.8, 4) is 45.3 Å². The number of nitrogens with zero attached hydrogens (tertiary/aromatic N) is 3. The van der Waals surface area contributed by atoms with Gasteiger partial charge in [-0.3, -0.25) is 0 Å². The van der Waals surface area contributed by atoms with Gasteiger partial charge in [0.05, 0.1) is 0 Å². The summed E-state index contributed by atoms with van der Waals surface area (Å²) in [7, 11) is 0. The van der Waals surface area contributed by atoms with Crippen LogP contribution in [0, 0.1) is 0 Å². The Labute approximate surface area is 279 Å². The fourth-order valence-electron chi connectivity index (χ4n) is 6.88. The van der Waals surface area contributed by atoms with Crippen molar-refractivity contribution in [1.29, 1.82) is 0 Å². The molecule has 4 nitrogen and oxygen atoms in total. The SMILES string of the molecule is c1ccc(-c2nc(-c3ccccc3)nc(-c3ccc(-c4ccc5c(c4)sc4ccc6ccccc6c45)c4oc5ccccc5c34)n2)cc1. The quantitative estimate of drug-likeness (QED) is 0.194. The predicted molar refractivity (Wildman–Crippen MR) is 199 cm³/mol. The number of hydrogen-bond donors (Lipinski definition) is 0. The maximum Gasteiger partial charge on any atom is 0.164 e. The van der Waals surface area contributed by atoms with Crippen LogP contribution in [0.25, 0.3) is 98.2 Å². The Morgan fingerprint density at radius 3 is 1.83 bits per heavy atom. The highest BCUT2D eigenvalue weighted by molar-refractivity contribution is 7.26. The van der Waals surface area contributed by atoms with Gasteiger partial charge in [-0.1, -0.05) is 121 Å². The van der Waals surface area contributed by atoms with E-state index in [0.717, 1.165) is 49.8 Å².